The summed E-state index contributed by atoms with van der Waals surface area (Å²) in [5.74, 6) is -0.395. The molecule has 2 amide bonds. The first-order valence-electron chi connectivity index (χ1n) is 5.57. The molecule has 0 heterocycles. The minimum absolute atomic E-state index is 0.00681. The number of carbonyl (C=O) groups excluding carboxylic acids is 2. The van der Waals surface area contributed by atoms with Gasteiger partial charge in [-0.05, 0) is 40.0 Å². The van der Waals surface area contributed by atoms with Crippen molar-refractivity contribution in [3.8, 4) is 0 Å². The van der Waals surface area contributed by atoms with Gasteiger partial charge in [-0.2, -0.15) is 0 Å². The van der Waals surface area contributed by atoms with Crippen molar-refractivity contribution in [1.82, 2.24) is 5.32 Å². The number of nitrogens with two attached hydrogens (primary N) is 1. The molecule has 5 heteroatoms. The Morgan fingerprint density at radius 2 is 1.94 bits per heavy atom. The zero-order valence-corrected chi connectivity index (χ0v) is 10.1. The van der Waals surface area contributed by atoms with Crippen molar-refractivity contribution in [1.29, 1.82) is 0 Å². The monoisotopic (exact) mass is 228 g/mol. The minimum atomic E-state index is -0.494. The van der Waals surface area contributed by atoms with E-state index in [0.717, 1.165) is 12.8 Å². The third-order valence-electron chi connectivity index (χ3n) is 2.56. The number of carbonyl (C=O) groups is 2. The van der Waals surface area contributed by atoms with Gasteiger partial charge in [0.1, 0.15) is 5.60 Å². The molecule has 5 nitrogen and oxygen atoms in total. The molecule has 92 valence electrons. The first-order chi connectivity index (χ1) is 7.28. The Bertz CT molecular complexity index is 283. The lowest BCUT2D eigenvalue weighted by Gasteiger charge is -2.21. The molecular formula is C11H20N2O3. The van der Waals surface area contributed by atoms with E-state index in [1.165, 1.54) is 0 Å². The van der Waals surface area contributed by atoms with Crippen molar-refractivity contribution in [2.45, 2.75) is 51.7 Å². The van der Waals surface area contributed by atoms with Crippen LogP contribution in [0.15, 0.2) is 0 Å². The lowest BCUT2D eigenvalue weighted by atomic mass is 10.1. The summed E-state index contributed by atoms with van der Waals surface area (Å²) in [5, 5.41) is 2.75. The summed E-state index contributed by atoms with van der Waals surface area (Å²) < 4.78 is 5.13. The van der Waals surface area contributed by atoms with Gasteiger partial charge in [-0.25, -0.2) is 4.79 Å². The molecule has 1 rings (SSSR count). The van der Waals surface area contributed by atoms with Gasteiger partial charge in [0.05, 0.1) is 0 Å². The lowest BCUT2D eigenvalue weighted by molar-refractivity contribution is -0.121. The van der Waals surface area contributed by atoms with Crippen LogP contribution in [0, 0.1) is 5.92 Å². The van der Waals surface area contributed by atoms with Crippen LogP contribution in [0.1, 0.15) is 40.0 Å². The number of alkyl carbamates (subject to hydrolysis) is 1. The topological polar surface area (TPSA) is 81.4 Å². The molecule has 1 fully saturated rings. The molecular weight excluding hydrogens is 208 g/mol. The minimum Gasteiger partial charge on any atom is -0.444 e. The van der Waals surface area contributed by atoms with E-state index in [0.29, 0.717) is 6.42 Å². The van der Waals surface area contributed by atoms with E-state index in [4.69, 9.17) is 10.5 Å². The maximum absolute atomic E-state index is 11.4. The third-order valence-corrected chi connectivity index (χ3v) is 2.56. The van der Waals surface area contributed by atoms with E-state index >= 15 is 0 Å². The number of hydrogen-bond acceptors (Lipinski definition) is 3. The highest BCUT2D eigenvalue weighted by atomic mass is 16.6. The molecule has 16 heavy (non-hydrogen) atoms. The van der Waals surface area contributed by atoms with Gasteiger partial charge in [0.15, 0.2) is 0 Å². The van der Waals surface area contributed by atoms with Gasteiger partial charge in [-0.1, -0.05) is 0 Å². The second kappa shape index (κ2) is 4.72. The first-order valence-corrected chi connectivity index (χ1v) is 5.57. The predicted octanol–water partition coefficient (Wildman–Crippen LogP) is 1.17. The van der Waals surface area contributed by atoms with Gasteiger partial charge in [0.25, 0.3) is 0 Å². The summed E-state index contributed by atoms with van der Waals surface area (Å²) in [5.41, 5.74) is 4.72. The molecule has 0 unspecified atom stereocenters. The molecule has 0 radical (unpaired) electrons. The summed E-state index contributed by atoms with van der Waals surface area (Å²) in [4.78, 5) is 22.4. The zero-order chi connectivity index (χ0) is 12.3. The SMILES string of the molecule is CC(C)(C)OC(=O)N[C@@H]1CC[C@H](C(N)=O)C1. The van der Waals surface area contributed by atoms with Crippen LogP contribution in [0.4, 0.5) is 4.79 Å². The smallest absolute Gasteiger partial charge is 0.407 e. The molecule has 2 atom stereocenters. The van der Waals surface area contributed by atoms with E-state index in [-0.39, 0.29) is 17.9 Å². The van der Waals surface area contributed by atoms with Crippen LogP contribution >= 0.6 is 0 Å². The van der Waals surface area contributed by atoms with Crippen molar-refractivity contribution in [3.63, 3.8) is 0 Å². The van der Waals surface area contributed by atoms with E-state index in [9.17, 15) is 9.59 Å². The molecule has 0 saturated heterocycles. The van der Waals surface area contributed by atoms with Gasteiger partial charge in [-0.3, -0.25) is 4.79 Å². The molecule has 3 N–H and O–H groups in total. The average Bonchev–Trinajstić information content (AvgIpc) is 2.48. The van der Waals surface area contributed by atoms with E-state index in [2.05, 4.69) is 5.32 Å². The Balaban J connectivity index is 2.34. The summed E-state index contributed by atoms with van der Waals surface area (Å²) in [6.07, 6.45) is 1.72. The van der Waals surface area contributed by atoms with Crippen molar-refractivity contribution in [2.24, 2.45) is 11.7 Å². The number of primary amides is 1. The van der Waals surface area contributed by atoms with Crippen LogP contribution in [-0.4, -0.2) is 23.6 Å². The summed E-state index contributed by atoms with van der Waals surface area (Å²) in [6.45, 7) is 5.44. The van der Waals surface area contributed by atoms with Gasteiger partial charge in [0.2, 0.25) is 5.91 Å². The molecule has 0 bridgehead atoms. The summed E-state index contributed by atoms with van der Waals surface area (Å²) in [6, 6.07) is 0.00681. The maximum atomic E-state index is 11.4. The fourth-order valence-electron chi connectivity index (χ4n) is 1.85. The Labute approximate surface area is 95.7 Å². The Morgan fingerprint density at radius 3 is 2.38 bits per heavy atom. The second-order valence-electron chi connectivity index (χ2n) is 5.26. The van der Waals surface area contributed by atoms with Crippen LogP contribution in [0.5, 0.6) is 0 Å². The van der Waals surface area contributed by atoms with Gasteiger partial charge in [0, 0.05) is 12.0 Å². The number of rotatable bonds is 2. The van der Waals surface area contributed by atoms with Crippen molar-refractivity contribution >= 4 is 12.0 Å². The van der Waals surface area contributed by atoms with Crippen molar-refractivity contribution in [2.75, 3.05) is 0 Å². The molecule has 1 aliphatic carbocycles. The van der Waals surface area contributed by atoms with Gasteiger partial charge >= 0.3 is 6.09 Å². The highest BCUT2D eigenvalue weighted by Crippen LogP contribution is 2.25. The van der Waals surface area contributed by atoms with Crippen LogP contribution in [0.2, 0.25) is 0 Å². The lowest BCUT2D eigenvalue weighted by Crippen LogP contribution is -2.38. The zero-order valence-electron chi connectivity index (χ0n) is 10.1. The molecule has 1 saturated carbocycles. The Morgan fingerprint density at radius 1 is 1.31 bits per heavy atom. The standard InChI is InChI=1S/C11H20N2O3/c1-11(2,3)16-10(15)13-8-5-4-7(6-8)9(12)14/h7-8H,4-6H2,1-3H3,(H2,12,14)(H,13,15)/t7-,8+/m0/s1. The van der Waals surface area contributed by atoms with Crippen LogP contribution < -0.4 is 11.1 Å². The normalized spacial score (nSPS) is 25.2. The van der Waals surface area contributed by atoms with E-state index < -0.39 is 11.7 Å². The van der Waals surface area contributed by atoms with Crippen molar-refractivity contribution in [3.05, 3.63) is 0 Å². The average molecular weight is 228 g/mol. The highest BCUT2D eigenvalue weighted by Gasteiger charge is 2.30. The number of ether oxygens (including phenoxy) is 1. The maximum Gasteiger partial charge on any atom is 0.407 e. The highest BCUT2D eigenvalue weighted by molar-refractivity contribution is 5.77. The van der Waals surface area contributed by atoms with Crippen molar-refractivity contribution < 1.29 is 14.3 Å². The Hall–Kier alpha value is -1.26. The van der Waals surface area contributed by atoms with Crippen LogP contribution in [0.25, 0.3) is 0 Å². The fourth-order valence-corrected chi connectivity index (χ4v) is 1.85. The molecule has 0 aromatic rings. The molecule has 0 aromatic heterocycles. The summed E-state index contributed by atoms with van der Waals surface area (Å²) >= 11 is 0. The predicted molar refractivity (Wildman–Crippen MR) is 59.7 cm³/mol. The number of hydrogen-bond donors (Lipinski definition) is 2. The Kier molecular flexibility index (Phi) is 3.78. The molecule has 0 aliphatic heterocycles. The first kappa shape index (κ1) is 12.8. The van der Waals surface area contributed by atoms with Crippen LogP contribution in [0.3, 0.4) is 0 Å². The number of nitrogens with one attached hydrogen (secondary N) is 1. The second-order valence-corrected chi connectivity index (χ2v) is 5.26. The largest absolute Gasteiger partial charge is 0.444 e. The summed E-state index contributed by atoms with van der Waals surface area (Å²) in [7, 11) is 0. The number of amides is 2. The molecule has 1 aliphatic rings. The fraction of sp³-hybridized carbons (Fsp3) is 0.818. The van der Waals surface area contributed by atoms with E-state index in [1.54, 1.807) is 0 Å². The molecule has 0 aromatic carbocycles. The van der Waals surface area contributed by atoms with E-state index in [1.807, 2.05) is 20.8 Å². The third kappa shape index (κ3) is 4.08. The van der Waals surface area contributed by atoms with Crippen LogP contribution in [-0.2, 0) is 9.53 Å². The van der Waals surface area contributed by atoms with Gasteiger partial charge < -0.3 is 15.8 Å². The molecule has 0 spiro atoms. The quantitative estimate of drug-likeness (QED) is 0.744. The van der Waals surface area contributed by atoms with Gasteiger partial charge in [-0.15, -0.1) is 0 Å².